The van der Waals surface area contributed by atoms with E-state index in [1.807, 2.05) is 6.92 Å². The Kier molecular flexibility index (Phi) is 5.85. The summed E-state index contributed by atoms with van der Waals surface area (Å²) in [6.07, 6.45) is 1.30. The molecule has 0 radical (unpaired) electrons. The lowest BCUT2D eigenvalue weighted by molar-refractivity contribution is -0.384. The minimum Gasteiger partial charge on any atom is -0.494 e. The molecule has 0 fully saturated rings. The highest BCUT2D eigenvalue weighted by atomic mass is 16.6. The number of amides is 1. The standard InChI is InChI=1S/C18H15N3O4/c1-2-25-17-8-6-15(7-9-17)20-18(22)14(12-19)10-13-4-3-5-16(11-13)21(23)24/h3-11H,2H2,1H3,(H,20,22)/b14-10-. The van der Waals surface area contributed by atoms with Crippen LogP contribution in [0.5, 0.6) is 5.75 Å². The third kappa shape index (κ3) is 4.91. The van der Waals surface area contributed by atoms with Crippen molar-refractivity contribution in [1.29, 1.82) is 5.26 Å². The van der Waals surface area contributed by atoms with E-state index >= 15 is 0 Å². The molecule has 0 saturated carbocycles. The monoisotopic (exact) mass is 337 g/mol. The predicted octanol–water partition coefficient (Wildman–Crippen LogP) is 3.54. The second-order valence-corrected chi connectivity index (χ2v) is 4.93. The van der Waals surface area contributed by atoms with E-state index in [-0.39, 0.29) is 11.3 Å². The predicted molar refractivity (Wildman–Crippen MR) is 92.9 cm³/mol. The van der Waals surface area contributed by atoms with Gasteiger partial charge in [0.25, 0.3) is 11.6 Å². The van der Waals surface area contributed by atoms with Crippen molar-refractivity contribution in [3.8, 4) is 11.8 Å². The summed E-state index contributed by atoms with van der Waals surface area (Å²) in [5, 5.41) is 22.6. The van der Waals surface area contributed by atoms with E-state index in [0.717, 1.165) is 0 Å². The van der Waals surface area contributed by atoms with Crippen LogP contribution in [0.3, 0.4) is 0 Å². The summed E-state index contributed by atoms with van der Waals surface area (Å²) >= 11 is 0. The Balaban J connectivity index is 2.16. The van der Waals surface area contributed by atoms with Gasteiger partial charge in [-0.25, -0.2) is 0 Å². The van der Waals surface area contributed by atoms with Gasteiger partial charge in [0.2, 0.25) is 0 Å². The first kappa shape index (κ1) is 17.7. The minimum atomic E-state index is -0.599. The third-order valence-corrected chi connectivity index (χ3v) is 3.18. The van der Waals surface area contributed by atoms with Crippen LogP contribution in [0.15, 0.2) is 54.1 Å². The second-order valence-electron chi connectivity index (χ2n) is 4.93. The molecule has 2 aromatic carbocycles. The van der Waals surface area contributed by atoms with E-state index in [0.29, 0.717) is 23.6 Å². The number of hydrogen-bond acceptors (Lipinski definition) is 5. The summed E-state index contributed by atoms with van der Waals surface area (Å²) in [5.41, 5.74) is 0.633. The van der Waals surface area contributed by atoms with Gasteiger partial charge >= 0.3 is 0 Å². The normalized spacial score (nSPS) is 10.6. The fourth-order valence-corrected chi connectivity index (χ4v) is 2.04. The molecule has 25 heavy (non-hydrogen) atoms. The SMILES string of the molecule is CCOc1ccc(NC(=O)/C(C#N)=C\c2cccc([N+](=O)[O-])c2)cc1. The average Bonchev–Trinajstić information content (AvgIpc) is 2.61. The van der Waals surface area contributed by atoms with Crippen LogP contribution in [-0.4, -0.2) is 17.4 Å². The second kappa shape index (κ2) is 8.26. The number of nitro benzene ring substituents is 1. The van der Waals surface area contributed by atoms with Crippen LogP contribution < -0.4 is 10.1 Å². The number of nitrogens with zero attached hydrogens (tertiary/aromatic N) is 2. The molecule has 0 aliphatic carbocycles. The Bertz CT molecular complexity index is 851. The highest BCUT2D eigenvalue weighted by Gasteiger charge is 2.11. The molecule has 0 aliphatic rings. The van der Waals surface area contributed by atoms with Crippen molar-refractivity contribution in [1.82, 2.24) is 0 Å². The fourth-order valence-electron chi connectivity index (χ4n) is 2.04. The Morgan fingerprint density at radius 2 is 2.04 bits per heavy atom. The first-order valence-electron chi connectivity index (χ1n) is 7.44. The summed E-state index contributed by atoms with van der Waals surface area (Å²) in [5.74, 6) is 0.0753. The molecule has 0 aromatic heterocycles. The number of benzene rings is 2. The van der Waals surface area contributed by atoms with E-state index in [1.54, 1.807) is 36.4 Å². The maximum Gasteiger partial charge on any atom is 0.270 e. The van der Waals surface area contributed by atoms with Crippen LogP contribution in [0, 0.1) is 21.4 Å². The van der Waals surface area contributed by atoms with Crippen molar-refractivity contribution >= 4 is 23.4 Å². The van der Waals surface area contributed by atoms with Crippen molar-refractivity contribution in [2.45, 2.75) is 6.92 Å². The zero-order valence-electron chi connectivity index (χ0n) is 13.4. The average molecular weight is 337 g/mol. The number of anilines is 1. The summed E-state index contributed by atoms with van der Waals surface area (Å²) in [6, 6.07) is 14.2. The van der Waals surface area contributed by atoms with Crippen LogP contribution in [0.1, 0.15) is 12.5 Å². The number of nitro groups is 1. The Labute approximate surface area is 144 Å². The number of carbonyl (C=O) groups excluding carboxylic acids is 1. The topological polar surface area (TPSA) is 105 Å². The van der Waals surface area contributed by atoms with Crippen molar-refractivity contribution in [2.24, 2.45) is 0 Å². The van der Waals surface area contributed by atoms with Crippen molar-refractivity contribution < 1.29 is 14.5 Å². The number of non-ortho nitro benzene ring substituents is 1. The largest absolute Gasteiger partial charge is 0.494 e. The Morgan fingerprint density at radius 1 is 1.32 bits per heavy atom. The van der Waals surface area contributed by atoms with E-state index in [1.165, 1.54) is 24.3 Å². The molecule has 2 aromatic rings. The van der Waals surface area contributed by atoms with E-state index in [2.05, 4.69) is 5.32 Å². The molecule has 0 atom stereocenters. The van der Waals surface area contributed by atoms with Crippen molar-refractivity contribution in [3.63, 3.8) is 0 Å². The van der Waals surface area contributed by atoms with Gasteiger partial charge in [0.1, 0.15) is 17.4 Å². The zero-order chi connectivity index (χ0) is 18.2. The number of carbonyl (C=O) groups is 1. The minimum absolute atomic E-state index is 0.113. The van der Waals surface area contributed by atoms with E-state index < -0.39 is 10.8 Å². The van der Waals surface area contributed by atoms with Gasteiger partial charge in [-0.1, -0.05) is 12.1 Å². The van der Waals surface area contributed by atoms with Gasteiger partial charge in [-0.3, -0.25) is 14.9 Å². The molecule has 2 rings (SSSR count). The van der Waals surface area contributed by atoms with Gasteiger partial charge in [0.05, 0.1) is 11.5 Å². The summed E-state index contributed by atoms with van der Waals surface area (Å²) in [6.45, 7) is 2.41. The highest BCUT2D eigenvalue weighted by Crippen LogP contribution is 2.18. The number of ether oxygens (including phenoxy) is 1. The van der Waals surface area contributed by atoms with E-state index in [4.69, 9.17) is 4.74 Å². The molecule has 1 amide bonds. The molecule has 7 nitrogen and oxygen atoms in total. The van der Waals surface area contributed by atoms with Gasteiger partial charge in [0, 0.05) is 17.8 Å². The van der Waals surface area contributed by atoms with Gasteiger partial charge < -0.3 is 10.1 Å². The summed E-state index contributed by atoms with van der Waals surface area (Å²) < 4.78 is 5.31. The lowest BCUT2D eigenvalue weighted by Gasteiger charge is -2.06. The maximum atomic E-state index is 12.2. The molecule has 0 saturated heterocycles. The van der Waals surface area contributed by atoms with Crippen LogP contribution in [-0.2, 0) is 4.79 Å². The quantitative estimate of drug-likeness (QED) is 0.375. The van der Waals surface area contributed by atoms with Crippen LogP contribution >= 0.6 is 0 Å². The van der Waals surface area contributed by atoms with Crippen molar-refractivity contribution in [3.05, 3.63) is 69.8 Å². The van der Waals surface area contributed by atoms with Gasteiger partial charge in [0.15, 0.2) is 0 Å². The fraction of sp³-hybridized carbons (Fsp3) is 0.111. The van der Waals surface area contributed by atoms with Gasteiger partial charge in [-0.05, 0) is 42.8 Å². The smallest absolute Gasteiger partial charge is 0.270 e. The van der Waals surface area contributed by atoms with Crippen LogP contribution in [0.25, 0.3) is 6.08 Å². The molecule has 0 aliphatic heterocycles. The molecule has 0 unspecified atom stereocenters. The zero-order valence-corrected chi connectivity index (χ0v) is 13.4. The lowest BCUT2D eigenvalue weighted by Crippen LogP contribution is -2.13. The van der Waals surface area contributed by atoms with Crippen molar-refractivity contribution in [2.75, 3.05) is 11.9 Å². The van der Waals surface area contributed by atoms with E-state index in [9.17, 15) is 20.2 Å². The lowest BCUT2D eigenvalue weighted by atomic mass is 10.1. The summed E-state index contributed by atoms with van der Waals surface area (Å²) in [7, 11) is 0. The summed E-state index contributed by atoms with van der Waals surface area (Å²) in [4.78, 5) is 22.5. The molecule has 1 N–H and O–H groups in total. The number of rotatable bonds is 6. The highest BCUT2D eigenvalue weighted by molar-refractivity contribution is 6.09. The van der Waals surface area contributed by atoms with Gasteiger partial charge in [-0.2, -0.15) is 5.26 Å². The van der Waals surface area contributed by atoms with Crippen LogP contribution in [0.2, 0.25) is 0 Å². The Hall–Kier alpha value is -3.66. The Morgan fingerprint density at radius 3 is 2.64 bits per heavy atom. The third-order valence-electron chi connectivity index (χ3n) is 3.18. The molecular formula is C18H15N3O4. The molecule has 126 valence electrons. The maximum absolute atomic E-state index is 12.2. The molecule has 0 heterocycles. The number of hydrogen-bond donors (Lipinski definition) is 1. The first-order chi connectivity index (χ1) is 12.0. The molecule has 0 spiro atoms. The molecular weight excluding hydrogens is 322 g/mol. The number of nitriles is 1. The molecule has 0 bridgehead atoms. The molecule has 7 heteroatoms. The van der Waals surface area contributed by atoms with Crippen LogP contribution in [0.4, 0.5) is 11.4 Å². The van der Waals surface area contributed by atoms with Gasteiger partial charge in [-0.15, -0.1) is 0 Å². The number of nitrogens with one attached hydrogen (secondary N) is 1. The first-order valence-corrected chi connectivity index (χ1v) is 7.44.